The molecule has 0 bridgehead atoms. The highest BCUT2D eigenvalue weighted by atomic mass is 16.5. The van der Waals surface area contributed by atoms with Crippen LogP contribution in [-0.2, 0) is 4.79 Å². The van der Waals surface area contributed by atoms with Crippen LogP contribution in [0.25, 0.3) is 0 Å². The van der Waals surface area contributed by atoms with Gasteiger partial charge in [-0.05, 0) is 61.9 Å². The molecule has 0 spiro atoms. The molecular weight excluding hydrogens is 376 g/mol. The van der Waals surface area contributed by atoms with Crippen LogP contribution in [0.5, 0.6) is 11.5 Å². The van der Waals surface area contributed by atoms with Gasteiger partial charge in [-0.2, -0.15) is 0 Å². The van der Waals surface area contributed by atoms with E-state index < -0.39 is 0 Å². The lowest BCUT2D eigenvalue weighted by molar-refractivity contribution is -0.114. The van der Waals surface area contributed by atoms with Gasteiger partial charge in [0.2, 0.25) is 0 Å². The number of aromatic hydroxyl groups is 1. The van der Waals surface area contributed by atoms with E-state index in [0.717, 1.165) is 28.1 Å². The lowest BCUT2D eigenvalue weighted by Gasteiger charge is -2.26. The van der Waals surface area contributed by atoms with Gasteiger partial charge in [-0.15, -0.1) is 0 Å². The number of phenols is 1. The summed E-state index contributed by atoms with van der Waals surface area (Å²) in [4.78, 5) is 15.1. The van der Waals surface area contributed by atoms with E-state index in [-0.39, 0.29) is 17.7 Å². The highest BCUT2D eigenvalue weighted by molar-refractivity contribution is 6.11. The van der Waals surface area contributed by atoms with Gasteiger partial charge in [0.25, 0.3) is 5.91 Å². The fourth-order valence-electron chi connectivity index (χ4n) is 3.55. The Kier molecular flexibility index (Phi) is 5.19. The molecule has 2 N–H and O–H groups in total. The van der Waals surface area contributed by atoms with Gasteiger partial charge in [-0.1, -0.05) is 41.5 Å². The van der Waals surface area contributed by atoms with Crippen molar-refractivity contribution < 1.29 is 14.6 Å². The van der Waals surface area contributed by atoms with Crippen LogP contribution in [0.15, 0.2) is 78.5 Å². The summed E-state index contributed by atoms with van der Waals surface area (Å²) in [5.74, 6) is 0.322. The summed E-state index contributed by atoms with van der Waals surface area (Å²) in [6.45, 7) is 4.04. The molecule has 1 atom stereocenters. The SMILES string of the molecule is COc1cc([C@@H]2C=C(Nc3ccc(C)cc3)C(=O)N2c2ccc(C)cc2)ccc1O. The van der Waals surface area contributed by atoms with Gasteiger partial charge in [0.05, 0.1) is 13.2 Å². The largest absolute Gasteiger partial charge is 0.504 e. The molecule has 5 nitrogen and oxygen atoms in total. The zero-order valence-electron chi connectivity index (χ0n) is 17.2. The number of hydrogen-bond donors (Lipinski definition) is 2. The van der Waals surface area contributed by atoms with Gasteiger partial charge in [0.1, 0.15) is 5.70 Å². The molecule has 0 aromatic heterocycles. The monoisotopic (exact) mass is 400 g/mol. The molecule has 1 aliphatic heterocycles. The summed E-state index contributed by atoms with van der Waals surface area (Å²) in [6.07, 6.45) is 1.91. The van der Waals surface area contributed by atoms with Crippen molar-refractivity contribution in [3.63, 3.8) is 0 Å². The Bertz CT molecular complexity index is 1100. The Morgan fingerprint density at radius 3 is 2.20 bits per heavy atom. The first-order valence-corrected chi connectivity index (χ1v) is 9.79. The third-order valence-corrected chi connectivity index (χ3v) is 5.24. The van der Waals surface area contributed by atoms with E-state index >= 15 is 0 Å². The highest BCUT2D eigenvalue weighted by Crippen LogP contribution is 2.39. The second-order valence-corrected chi connectivity index (χ2v) is 7.46. The van der Waals surface area contributed by atoms with Crippen LogP contribution >= 0.6 is 0 Å². The number of anilines is 2. The summed E-state index contributed by atoms with van der Waals surface area (Å²) in [5.41, 5.74) is 5.30. The fourth-order valence-corrected chi connectivity index (χ4v) is 3.55. The molecule has 1 aliphatic rings. The number of amides is 1. The predicted octanol–water partition coefficient (Wildman–Crippen LogP) is 5.10. The Morgan fingerprint density at radius 2 is 1.57 bits per heavy atom. The summed E-state index contributed by atoms with van der Waals surface area (Å²) in [6, 6.07) is 20.6. The average Bonchev–Trinajstić information content (AvgIpc) is 3.07. The smallest absolute Gasteiger partial charge is 0.275 e. The summed E-state index contributed by atoms with van der Waals surface area (Å²) < 4.78 is 5.27. The van der Waals surface area contributed by atoms with Crippen LogP contribution < -0.4 is 15.0 Å². The van der Waals surface area contributed by atoms with Crippen LogP contribution in [-0.4, -0.2) is 18.1 Å². The number of hydrogen-bond acceptors (Lipinski definition) is 4. The van der Waals surface area contributed by atoms with E-state index in [1.165, 1.54) is 7.11 Å². The summed E-state index contributed by atoms with van der Waals surface area (Å²) >= 11 is 0. The van der Waals surface area contributed by atoms with Crippen molar-refractivity contribution in [1.82, 2.24) is 0 Å². The Labute approximate surface area is 176 Å². The van der Waals surface area contributed by atoms with Crippen molar-refractivity contribution >= 4 is 17.3 Å². The number of rotatable bonds is 5. The van der Waals surface area contributed by atoms with Crippen LogP contribution in [0.1, 0.15) is 22.7 Å². The summed E-state index contributed by atoms with van der Waals surface area (Å²) in [7, 11) is 1.51. The van der Waals surface area contributed by atoms with Crippen molar-refractivity contribution in [3.05, 3.63) is 95.2 Å². The molecule has 1 heterocycles. The van der Waals surface area contributed by atoms with Crippen molar-refractivity contribution in [2.45, 2.75) is 19.9 Å². The maximum absolute atomic E-state index is 13.4. The minimum absolute atomic E-state index is 0.0643. The molecule has 3 aromatic rings. The van der Waals surface area contributed by atoms with E-state index in [0.29, 0.717) is 11.4 Å². The minimum atomic E-state index is -0.331. The van der Waals surface area contributed by atoms with Crippen molar-refractivity contribution in [2.75, 3.05) is 17.3 Å². The van der Waals surface area contributed by atoms with E-state index in [9.17, 15) is 9.90 Å². The minimum Gasteiger partial charge on any atom is -0.504 e. The molecule has 0 fully saturated rings. The van der Waals surface area contributed by atoms with E-state index in [1.54, 1.807) is 17.0 Å². The molecule has 0 saturated heterocycles. The molecule has 30 heavy (non-hydrogen) atoms. The number of carbonyl (C=O) groups excluding carboxylic acids is 1. The average molecular weight is 400 g/mol. The molecule has 0 aliphatic carbocycles. The van der Waals surface area contributed by atoms with Gasteiger partial charge >= 0.3 is 0 Å². The Morgan fingerprint density at radius 1 is 0.933 bits per heavy atom. The number of methoxy groups -OCH3 is 1. The molecule has 5 heteroatoms. The maximum Gasteiger partial charge on any atom is 0.275 e. The first-order chi connectivity index (χ1) is 14.5. The zero-order chi connectivity index (χ0) is 21.3. The van der Waals surface area contributed by atoms with Gasteiger partial charge in [-0.3, -0.25) is 9.69 Å². The van der Waals surface area contributed by atoms with E-state index in [4.69, 9.17) is 4.74 Å². The van der Waals surface area contributed by atoms with Gasteiger partial charge in [0.15, 0.2) is 11.5 Å². The second kappa shape index (κ2) is 7.95. The molecule has 3 aromatic carbocycles. The number of carbonyl (C=O) groups is 1. The fraction of sp³-hybridized carbons (Fsp3) is 0.160. The molecule has 0 unspecified atom stereocenters. The van der Waals surface area contributed by atoms with Crippen LogP contribution in [0, 0.1) is 13.8 Å². The van der Waals surface area contributed by atoms with Crippen molar-refractivity contribution in [1.29, 1.82) is 0 Å². The molecular formula is C25H24N2O3. The second-order valence-electron chi connectivity index (χ2n) is 7.46. The van der Waals surface area contributed by atoms with E-state index in [1.807, 2.05) is 74.5 Å². The maximum atomic E-state index is 13.4. The number of phenolic OH excluding ortho intramolecular Hbond substituents is 1. The first kappa shape index (κ1) is 19.6. The number of nitrogens with zero attached hydrogens (tertiary/aromatic N) is 1. The molecule has 152 valence electrons. The first-order valence-electron chi connectivity index (χ1n) is 9.79. The van der Waals surface area contributed by atoms with Crippen LogP contribution in [0.2, 0.25) is 0 Å². The van der Waals surface area contributed by atoms with Crippen LogP contribution in [0.4, 0.5) is 11.4 Å². The molecule has 0 saturated carbocycles. The standard InChI is InChI=1S/C25H24N2O3/c1-16-4-9-19(10-5-16)26-21-15-22(18-8-13-23(28)24(14-18)30-3)27(25(21)29)20-11-6-17(2)7-12-20/h4-15,22,26,28H,1-3H3/t22-/m0/s1. The normalized spacial score (nSPS) is 15.8. The lowest BCUT2D eigenvalue weighted by atomic mass is 10.0. The Hall–Kier alpha value is -3.73. The van der Waals surface area contributed by atoms with Crippen molar-refractivity contribution in [2.24, 2.45) is 0 Å². The molecule has 0 radical (unpaired) electrons. The van der Waals surface area contributed by atoms with Gasteiger partial charge < -0.3 is 15.2 Å². The summed E-state index contributed by atoms with van der Waals surface area (Å²) in [5, 5.41) is 13.2. The number of benzene rings is 3. The van der Waals surface area contributed by atoms with Crippen LogP contribution in [0.3, 0.4) is 0 Å². The predicted molar refractivity (Wildman–Crippen MR) is 119 cm³/mol. The zero-order valence-corrected chi connectivity index (χ0v) is 17.2. The van der Waals surface area contributed by atoms with Crippen molar-refractivity contribution in [3.8, 4) is 11.5 Å². The lowest BCUT2D eigenvalue weighted by Crippen LogP contribution is -2.30. The molecule has 1 amide bonds. The van der Waals surface area contributed by atoms with Gasteiger partial charge in [0, 0.05) is 11.4 Å². The van der Waals surface area contributed by atoms with E-state index in [2.05, 4.69) is 5.32 Å². The molecule has 4 rings (SSSR count). The number of nitrogens with one attached hydrogen (secondary N) is 1. The number of ether oxygens (including phenoxy) is 1. The highest BCUT2D eigenvalue weighted by Gasteiger charge is 2.35. The third kappa shape index (κ3) is 3.74. The Balaban J connectivity index is 1.75. The topological polar surface area (TPSA) is 61.8 Å². The van der Waals surface area contributed by atoms with Gasteiger partial charge in [-0.25, -0.2) is 0 Å². The third-order valence-electron chi connectivity index (χ3n) is 5.24. The quantitative estimate of drug-likeness (QED) is 0.625. The number of aryl methyl sites for hydroxylation is 2.